The minimum absolute atomic E-state index is 0.0599. The summed E-state index contributed by atoms with van der Waals surface area (Å²) in [5.74, 6) is 0.317. The molecule has 0 aromatic carbocycles. The van der Waals surface area contributed by atoms with Crippen molar-refractivity contribution in [2.24, 2.45) is 33.5 Å². The zero-order valence-corrected chi connectivity index (χ0v) is 17.8. The van der Waals surface area contributed by atoms with Gasteiger partial charge >= 0.3 is 11.9 Å². The molecule has 0 aromatic heterocycles. The summed E-state index contributed by atoms with van der Waals surface area (Å²) < 4.78 is 5.26. The zero-order chi connectivity index (χ0) is 19.8. The first kappa shape index (κ1) is 19.0. The van der Waals surface area contributed by atoms with Crippen molar-refractivity contribution in [1.82, 2.24) is 0 Å². The molecule has 4 unspecified atom stereocenters. The Kier molecular flexibility index (Phi) is 3.92. The Hall–Kier alpha value is -1.38. The Balaban J connectivity index is 1.37. The lowest BCUT2D eigenvalue weighted by Crippen LogP contribution is -2.32. The van der Waals surface area contributed by atoms with E-state index in [9.17, 15) is 9.59 Å². The zero-order valence-electron chi connectivity index (χ0n) is 17.8. The van der Waals surface area contributed by atoms with Crippen LogP contribution in [-0.4, -0.2) is 11.9 Å². The third kappa shape index (κ3) is 2.39. The van der Waals surface area contributed by atoms with E-state index < -0.39 is 0 Å². The fraction of sp³-hybridized carbons (Fsp3) is 0.750. The molecular weight excluding hydrogens is 336 g/mol. The molecule has 0 spiro atoms. The molecule has 0 aliphatic heterocycles. The van der Waals surface area contributed by atoms with Crippen molar-refractivity contribution in [3.8, 4) is 0 Å². The van der Waals surface area contributed by atoms with Gasteiger partial charge in [0.15, 0.2) is 0 Å². The van der Waals surface area contributed by atoms with Crippen LogP contribution in [0, 0.1) is 33.5 Å². The Bertz CT molecular complexity index is 704. The lowest BCUT2D eigenvalue weighted by molar-refractivity contribution is -0.159. The van der Waals surface area contributed by atoms with E-state index in [1.807, 2.05) is 0 Å². The molecule has 0 amide bonds. The summed E-state index contributed by atoms with van der Waals surface area (Å²) in [6.07, 6.45) is 9.71. The number of carbonyl (C=O) groups is 2. The fourth-order valence-electron chi connectivity index (χ4n) is 6.68. The Labute approximate surface area is 163 Å². The van der Waals surface area contributed by atoms with Gasteiger partial charge in [-0.3, -0.25) is 9.59 Å². The monoisotopic (exact) mass is 370 g/mol. The highest BCUT2D eigenvalue weighted by molar-refractivity contribution is 5.88. The molecule has 0 aromatic rings. The van der Waals surface area contributed by atoms with Gasteiger partial charge in [0.05, 0.1) is 12.8 Å². The van der Waals surface area contributed by atoms with Gasteiger partial charge < -0.3 is 4.74 Å². The first-order valence-electron chi connectivity index (χ1n) is 10.6. The van der Waals surface area contributed by atoms with Crippen LogP contribution in [-0.2, 0) is 14.3 Å². The molecule has 27 heavy (non-hydrogen) atoms. The Morgan fingerprint density at radius 3 is 1.44 bits per heavy atom. The maximum atomic E-state index is 12.5. The van der Waals surface area contributed by atoms with Gasteiger partial charge in [-0.15, -0.1) is 0 Å². The second-order valence-corrected chi connectivity index (χ2v) is 11.0. The number of allylic oxidation sites excluding steroid dienone is 2. The van der Waals surface area contributed by atoms with Crippen molar-refractivity contribution in [1.29, 1.82) is 0 Å². The van der Waals surface area contributed by atoms with Gasteiger partial charge in [-0.2, -0.15) is 0 Å². The Morgan fingerprint density at radius 2 is 1.19 bits per heavy atom. The average molecular weight is 371 g/mol. The van der Waals surface area contributed by atoms with Gasteiger partial charge in [0.1, 0.15) is 0 Å². The average Bonchev–Trinajstić information content (AvgIpc) is 3.06. The molecule has 2 saturated carbocycles. The summed E-state index contributed by atoms with van der Waals surface area (Å²) in [4.78, 5) is 25.0. The maximum absolute atomic E-state index is 12.5. The quantitative estimate of drug-likeness (QED) is 0.367. The fourth-order valence-corrected chi connectivity index (χ4v) is 6.68. The van der Waals surface area contributed by atoms with Gasteiger partial charge in [0.25, 0.3) is 0 Å². The van der Waals surface area contributed by atoms with Crippen molar-refractivity contribution in [2.45, 2.75) is 80.1 Å². The SMILES string of the molecule is CC12CCC(C=C1CC(=O)OC(=O)CC1=CC3CCC1(C)C3(C)C)C2(C)C. The highest BCUT2D eigenvalue weighted by Crippen LogP contribution is 2.66. The van der Waals surface area contributed by atoms with Crippen molar-refractivity contribution < 1.29 is 14.3 Å². The summed E-state index contributed by atoms with van der Waals surface area (Å²) in [6, 6.07) is 0. The van der Waals surface area contributed by atoms with Crippen molar-refractivity contribution in [3.05, 3.63) is 23.3 Å². The smallest absolute Gasteiger partial charge is 0.317 e. The normalized spacial score (nSPS) is 40.1. The van der Waals surface area contributed by atoms with Crippen LogP contribution < -0.4 is 0 Å². The number of carbonyl (C=O) groups excluding carboxylic acids is 2. The number of hydrogen-bond acceptors (Lipinski definition) is 3. The van der Waals surface area contributed by atoms with E-state index in [1.165, 1.54) is 24.0 Å². The van der Waals surface area contributed by atoms with Crippen LogP contribution >= 0.6 is 0 Å². The van der Waals surface area contributed by atoms with E-state index in [2.05, 4.69) is 53.7 Å². The first-order chi connectivity index (χ1) is 12.4. The molecule has 3 nitrogen and oxygen atoms in total. The Morgan fingerprint density at radius 1 is 0.815 bits per heavy atom. The summed E-state index contributed by atoms with van der Waals surface area (Å²) in [7, 11) is 0. The lowest BCUT2D eigenvalue weighted by Gasteiger charge is -2.37. The van der Waals surface area contributed by atoms with E-state index in [0.29, 0.717) is 11.8 Å². The molecular formula is C24H34O3. The second kappa shape index (κ2) is 5.58. The molecule has 0 heterocycles. The minimum atomic E-state index is -0.385. The van der Waals surface area contributed by atoms with Crippen LogP contribution in [0.2, 0.25) is 0 Å². The van der Waals surface area contributed by atoms with Crippen molar-refractivity contribution >= 4 is 11.9 Å². The summed E-state index contributed by atoms with van der Waals surface area (Å²) in [5.41, 5.74) is 2.86. The van der Waals surface area contributed by atoms with E-state index in [-0.39, 0.29) is 46.4 Å². The number of hydrogen-bond donors (Lipinski definition) is 0. The van der Waals surface area contributed by atoms with Crippen LogP contribution in [0.25, 0.3) is 0 Å². The van der Waals surface area contributed by atoms with Crippen LogP contribution in [0.1, 0.15) is 80.1 Å². The van der Waals surface area contributed by atoms with Gasteiger partial charge in [-0.05, 0) is 59.2 Å². The largest absolute Gasteiger partial charge is 0.393 e. The highest BCUT2D eigenvalue weighted by Gasteiger charge is 2.58. The summed E-state index contributed by atoms with van der Waals surface area (Å²) in [6.45, 7) is 13.7. The predicted octanol–water partition coefficient (Wildman–Crippen LogP) is 5.60. The number of esters is 2. The first-order valence-corrected chi connectivity index (χ1v) is 10.6. The third-order valence-electron chi connectivity index (χ3n) is 9.73. The maximum Gasteiger partial charge on any atom is 0.317 e. The summed E-state index contributed by atoms with van der Waals surface area (Å²) >= 11 is 0. The van der Waals surface area contributed by atoms with Crippen LogP contribution in [0.5, 0.6) is 0 Å². The van der Waals surface area contributed by atoms with E-state index in [4.69, 9.17) is 4.74 Å². The molecule has 0 N–H and O–H groups in total. The van der Waals surface area contributed by atoms with E-state index in [1.54, 1.807) is 0 Å². The molecule has 2 fully saturated rings. The number of ether oxygens (including phenoxy) is 1. The molecule has 4 bridgehead atoms. The van der Waals surface area contributed by atoms with Crippen molar-refractivity contribution in [3.63, 3.8) is 0 Å². The van der Waals surface area contributed by atoms with Gasteiger partial charge in [-0.1, -0.05) is 64.8 Å². The molecule has 0 radical (unpaired) electrons. The van der Waals surface area contributed by atoms with E-state index in [0.717, 1.165) is 12.8 Å². The molecule has 148 valence electrons. The van der Waals surface area contributed by atoms with Gasteiger partial charge in [0, 0.05) is 0 Å². The van der Waals surface area contributed by atoms with Crippen LogP contribution in [0.3, 0.4) is 0 Å². The number of rotatable bonds is 4. The highest BCUT2D eigenvalue weighted by atomic mass is 16.6. The van der Waals surface area contributed by atoms with Gasteiger partial charge in [-0.25, -0.2) is 0 Å². The van der Waals surface area contributed by atoms with E-state index >= 15 is 0 Å². The molecule has 3 heteroatoms. The predicted molar refractivity (Wildman–Crippen MR) is 106 cm³/mol. The van der Waals surface area contributed by atoms with Crippen LogP contribution in [0.4, 0.5) is 0 Å². The molecule has 4 rings (SSSR count). The topological polar surface area (TPSA) is 43.4 Å². The number of fused-ring (bicyclic) bond motifs is 4. The lowest BCUT2D eigenvalue weighted by atomic mass is 9.67. The molecule has 4 atom stereocenters. The second-order valence-electron chi connectivity index (χ2n) is 11.0. The molecule has 4 aliphatic carbocycles. The summed E-state index contributed by atoms with van der Waals surface area (Å²) in [5, 5.41) is 0. The van der Waals surface area contributed by atoms with Crippen molar-refractivity contribution in [2.75, 3.05) is 0 Å². The van der Waals surface area contributed by atoms with Gasteiger partial charge in [0.2, 0.25) is 0 Å². The third-order valence-corrected chi connectivity index (χ3v) is 9.73. The standard InChI is InChI=1S/C24H34O3/c1-21(2)15-7-9-23(21,5)17(11-15)13-19(25)27-20(26)14-18-12-16-8-10-24(18,6)22(16,3)4/h11-12,15-16H,7-10,13-14H2,1-6H3. The minimum Gasteiger partial charge on any atom is -0.393 e. The molecule has 4 aliphatic rings. The molecule has 0 saturated heterocycles. The van der Waals surface area contributed by atoms with Crippen LogP contribution in [0.15, 0.2) is 23.3 Å².